The summed E-state index contributed by atoms with van der Waals surface area (Å²) in [4.78, 5) is 14.8. The minimum atomic E-state index is 0. The van der Waals surface area contributed by atoms with Gasteiger partial charge in [-0.3, -0.25) is 9.69 Å². The molecule has 0 saturated carbocycles. The van der Waals surface area contributed by atoms with Crippen molar-refractivity contribution in [2.75, 3.05) is 26.2 Å². The van der Waals surface area contributed by atoms with Gasteiger partial charge in [0.2, 0.25) is 5.91 Å². The Morgan fingerprint density at radius 1 is 1.00 bits per heavy atom. The van der Waals surface area contributed by atoms with Gasteiger partial charge < -0.3 is 10.6 Å². The van der Waals surface area contributed by atoms with Gasteiger partial charge >= 0.3 is 0 Å². The van der Waals surface area contributed by atoms with Gasteiger partial charge in [-0.1, -0.05) is 54.6 Å². The van der Waals surface area contributed by atoms with Crippen LogP contribution in [0.4, 0.5) is 0 Å². The lowest BCUT2D eigenvalue weighted by atomic mass is 9.97. The highest BCUT2D eigenvalue weighted by Crippen LogP contribution is 2.22. The summed E-state index contributed by atoms with van der Waals surface area (Å²) in [7, 11) is 0. The molecule has 0 bridgehead atoms. The van der Waals surface area contributed by atoms with E-state index in [1.165, 1.54) is 29.5 Å². The number of nitrogens with zero attached hydrogens (tertiary/aromatic N) is 1. The molecule has 29 heavy (non-hydrogen) atoms. The smallest absolute Gasteiger partial charge is 0.237 e. The normalized spacial score (nSPS) is 22.1. The Balaban J connectivity index is 0.00000240. The Morgan fingerprint density at radius 2 is 1.76 bits per heavy atom. The van der Waals surface area contributed by atoms with Gasteiger partial charge in [-0.05, 0) is 61.4 Å². The number of hydrogen-bond donors (Lipinski definition) is 2. The van der Waals surface area contributed by atoms with Crippen LogP contribution in [0.25, 0.3) is 11.1 Å². The number of amides is 1. The number of carbonyl (C=O) groups excluding carboxylic acids is 1. The molecule has 2 heterocycles. The highest BCUT2D eigenvalue weighted by atomic mass is 35.5. The summed E-state index contributed by atoms with van der Waals surface area (Å²) >= 11 is 0. The lowest BCUT2D eigenvalue weighted by Gasteiger charge is -2.33. The minimum absolute atomic E-state index is 0. The van der Waals surface area contributed by atoms with Crippen LogP contribution < -0.4 is 10.6 Å². The summed E-state index contributed by atoms with van der Waals surface area (Å²) in [5.74, 6) is 0.744. The van der Waals surface area contributed by atoms with Crippen LogP contribution in [0.1, 0.15) is 31.2 Å². The predicted octanol–water partition coefficient (Wildman–Crippen LogP) is 3.86. The molecule has 156 valence electrons. The van der Waals surface area contributed by atoms with Gasteiger partial charge in [-0.25, -0.2) is 0 Å². The molecule has 2 fully saturated rings. The Hall–Kier alpha value is -1.88. The third-order valence-electron chi connectivity index (χ3n) is 6.01. The van der Waals surface area contributed by atoms with Crippen molar-refractivity contribution in [3.63, 3.8) is 0 Å². The van der Waals surface area contributed by atoms with Gasteiger partial charge in [-0.15, -0.1) is 12.4 Å². The van der Waals surface area contributed by atoms with E-state index >= 15 is 0 Å². The molecule has 4 nitrogen and oxygen atoms in total. The van der Waals surface area contributed by atoms with Gasteiger partial charge in [0.15, 0.2) is 0 Å². The molecule has 2 unspecified atom stereocenters. The number of benzene rings is 2. The molecule has 2 aliphatic heterocycles. The largest absolute Gasteiger partial charge is 0.354 e. The van der Waals surface area contributed by atoms with E-state index in [0.29, 0.717) is 5.92 Å². The summed E-state index contributed by atoms with van der Waals surface area (Å²) in [6, 6.07) is 19.5. The van der Waals surface area contributed by atoms with Gasteiger partial charge in [0.1, 0.15) is 0 Å². The molecule has 2 saturated heterocycles. The molecule has 2 aromatic rings. The van der Waals surface area contributed by atoms with Crippen LogP contribution in [-0.2, 0) is 11.3 Å². The third kappa shape index (κ3) is 6.05. The molecule has 2 atom stereocenters. The van der Waals surface area contributed by atoms with E-state index < -0.39 is 0 Å². The number of halogens is 1. The second kappa shape index (κ2) is 10.8. The molecule has 2 aliphatic rings. The SMILES string of the molecule is Cl.O=C(NCC1CCCN(Cc2ccc(-c3ccccc3)cc2)C1)C1CCCN1. The zero-order valence-corrected chi connectivity index (χ0v) is 17.8. The van der Waals surface area contributed by atoms with Crippen LogP contribution in [0.3, 0.4) is 0 Å². The van der Waals surface area contributed by atoms with E-state index in [-0.39, 0.29) is 24.4 Å². The molecule has 5 heteroatoms. The quantitative estimate of drug-likeness (QED) is 0.755. The Bertz CT molecular complexity index is 759. The van der Waals surface area contributed by atoms with Crippen molar-refractivity contribution in [1.82, 2.24) is 15.5 Å². The van der Waals surface area contributed by atoms with Gasteiger partial charge in [0.05, 0.1) is 6.04 Å². The van der Waals surface area contributed by atoms with Crippen molar-refractivity contribution < 1.29 is 4.79 Å². The first-order valence-corrected chi connectivity index (χ1v) is 10.7. The minimum Gasteiger partial charge on any atom is -0.354 e. The molecular weight excluding hydrogens is 382 g/mol. The van der Waals surface area contributed by atoms with Gasteiger partial charge in [0.25, 0.3) is 0 Å². The monoisotopic (exact) mass is 413 g/mol. The van der Waals surface area contributed by atoms with E-state index in [1.807, 2.05) is 0 Å². The highest BCUT2D eigenvalue weighted by Gasteiger charge is 2.24. The molecule has 0 aliphatic carbocycles. The fourth-order valence-corrected chi connectivity index (χ4v) is 4.43. The van der Waals surface area contributed by atoms with Crippen LogP contribution in [0.5, 0.6) is 0 Å². The second-order valence-corrected chi connectivity index (χ2v) is 8.20. The number of likely N-dealkylation sites (tertiary alicyclic amines) is 1. The van der Waals surface area contributed by atoms with Crippen molar-refractivity contribution in [3.8, 4) is 11.1 Å². The Kier molecular flexibility index (Phi) is 8.10. The van der Waals surface area contributed by atoms with Gasteiger partial charge in [-0.2, -0.15) is 0 Å². The Morgan fingerprint density at radius 3 is 2.48 bits per heavy atom. The number of piperidine rings is 1. The first-order valence-electron chi connectivity index (χ1n) is 10.7. The van der Waals surface area contributed by atoms with Crippen molar-refractivity contribution >= 4 is 18.3 Å². The van der Waals surface area contributed by atoms with Crippen molar-refractivity contribution in [3.05, 3.63) is 60.2 Å². The maximum atomic E-state index is 12.2. The molecule has 1 amide bonds. The molecule has 0 spiro atoms. The van der Waals surface area contributed by atoms with E-state index in [2.05, 4.69) is 70.1 Å². The number of carbonyl (C=O) groups is 1. The summed E-state index contributed by atoms with van der Waals surface area (Å²) in [5.41, 5.74) is 3.89. The summed E-state index contributed by atoms with van der Waals surface area (Å²) in [5, 5.41) is 6.46. The molecule has 2 N–H and O–H groups in total. The predicted molar refractivity (Wildman–Crippen MR) is 121 cm³/mol. The molecule has 0 aromatic heterocycles. The van der Waals surface area contributed by atoms with Crippen LogP contribution in [0, 0.1) is 5.92 Å². The first-order chi connectivity index (χ1) is 13.8. The molecule has 4 rings (SSSR count). The van der Waals surface area contributed by atoms with Crippen LogP contribution in [0.15, 0.2) is 54.6 Å². The van der Waals surface area contributed by atoms with Gasteiger partial charge in [0, 0.05) is 19.6 Å². The number of rotatable bonds is 6. The standard InChI is InChI=1S/C24H31N3O.ClH/c28-24(23-9-4-14-25-23)26-16-20-6-5-15-27(18-20)17-19-10-12-22(13-11-19)21-7-2-1-3-8-21;/h1-3,7-8,10-13,20,23,25H,4-6,9,14-18H2,(H,26,28);1H. The fraction of sp³-hybridized carbons (Fsp3) is 0.458. The summed E-state index contributed by atoms with van der Waals surface area (Å²) < 4.78 is 0. The van der Waals surface area contributed by atoms with Crippen molar-refractivity contribution in [2.24, 2.45) is 5.92 Å². The van der Waals surface area contributed by atoms with Crippen molar-refractivity contribution in [1.29, 1.82) is 0 Å². The average molecular weight is 414 g/mol. The van der Waals surface area contributed by atoms with E-state index in [4.69, 9.17) is 0 Å². The molecule has 2 aromatic carbocycles. The summed E-state index contributed by atoms with van der Waals surface area (Å²) in [6.45, 7) is 4.98. The van der Waals surface area contributed by atoms with E-state index in [0.717, 1.165) is 45.6 Å². The number of nitrogens with one attached hydrogen (secondary N) is 2. The summed E-state index contributed by atoms with van der Waals surface area (Å²) in [6.07, 6.45) is 4.51. The Labute approximate surface area is 180 Å². The van der Waals surface area contributed by atoms with E-state index in [1.54, 1.807) is 0 Å². The average Bonchev–Trinajstić information content (AvgIpc) is 3.29. The maximum absolute atomic E-state index is 12.2. The highest BCUT2D eigenvalue weighted by molar-refractivity contribution is 5.85. The van der Waals surface area contributed by atoms with Crippen LogP contribution >= 0.6 is 12.4 Å². The first kappa shape index (κ1) is 21.8. The maximum Gasteiger partial charge on any atom is 0.237 e. The van der Waals surface area contributed by atoms with E-state index in [9.17, 15) is 4.79 Å². The lowest BCUT2D eigenvalue weighted by Crippen LogP contribution is -2.45. The third-order valence-corrected chi connectivity index (χ3v) is 6.01. The fourth-order valence-electron chi connectivity index (χ4n) is 4.43. The molecular formula is C24H32ClN3O. The number of hydrogen-bond acceptors (Lipinski definition) is 3. The van der Waals surface area contributed by atoms with Crippen LogP contribution in [-0.4, -0.2) is 43.0 Å². The molecule has 0 radical (unpaired) electrons. The zero-order chi connectivity index (χ0) is 19.2. The topological polar surface area (TPSA) is 44.4 Å². The zero-order valence-electron chi connectivity index (χ0n) is 17.0. The second-order valence-electron chi connectivity index (χ2n) is 8.20. The van der Waals surface area contributed by atoms with Crippen LogP contribution in [0.2, 0.25) is 0 Å². The lowest BCUT2D eigenvalue weighted by molar-refractivity contribution is -0.123. The van der Waals surface area contributed by atoms with Crippen molar-refractivity contribution in [2.45, 2.75) is 38.3 Å².